The predicted octanol–water partition coefficient (Wildman–Crippen LogP) is 0.714. The van der Waals surface area contributed by atoms with Crippen LogP contribution in [0.2, 0.25) is 0 Å². The number of carbonyl (C=O) groups is 1. The zero-order valence-electron chi connectivity index (χ0n) is 10.8. The number of hydrogen-bond acceptors (Lipinski definition) is 3. The lowest BCUT2D eigenvalue weighted by atomic mass is 9.81. The van der Waals surface area contributed by atoms with E-state index in [2.05, 4.69) is 5.32 Å². The first-order valence-electron chi connectivity index (χ1n) is 6.94. The number of amides is 1. The van der Waals surface area contributed by atoms with Crippen LogP contribution in [0.15, 0.2) is 0 Å². The van der Waals surface area contributed by atoms with Crippen molar-refractivity contribution in [3.8, 4) is 0 Å². The lowest BCUT2D eigenvalue weighted by molar-refractivity contribution is -0.134. The number of nitrogens with two attached hydrogens (primary N) is 1. The maximum Gasteiger partial charge on any atom is 0.239 e. The third-order valence-electron chi connectivity index (χ3n) is 4.28. The molecule has 1 aliphatic carbocycles. The van der Waals surface area contributed by atoms with Crippen molar-refractivity contribution in [3.63, 3.8) is 0 Å². The van der Waals surface area contributed by atoms with Crippen molar-refractivity contribution >= 4 is 5.91 Å². The number of likely N-dealkylation sites (tertiary alicyclic amines) is 1. The first-order valence-corrected chi connectivity index (χ1v) is 6.94. The number of nitrogens with zero attached hydrogens (tertiary/aromatic N) is 1. The SMILES string of the molecule is CN[C@H](C(=O)N1CCCC1)C1CCC(N)CC1. The maximum atomic E-state index is 12.4. The average molecular weight is 239 g/mol. The maximum absolute atomic E-state index is 12.4. The molecule has 1 saturated carbocycles. The van der Waals surface area contributed by atoms with Crippen LogP contribution in [-0.4, -0.2) is 43.0 Å². The Morgan fingerprint density at radius 1 is 1.24 bits per heavy atom. The van der Waals surface area contributed by atoms with E-state index in [1.165, 1.54) is 0 Å². The fourth-order valence-electron chi connectivity index (χ4n) is 3.17. The van der Waals surface area contributed by atoms with E-state index < -0.39 is 0 Å². The molecule has 4 heteroatoms. The average Bonchev–Trinajstić information content (AvgIpc) is 2.86. The molecule has 0 spiro atoms. The van der Waals surface area contributed by atoms with Gasteiger partial charge in [0.05, 0.1) is 6.04 Å². The molecule has 0 aromatic heterocycles. The monoisotopic (exact) mass is 239 g/mol. The molecule has 1 aliphatic heterocycles. The van der Waals surface area contributed by atoms with Crippen molar-refractivity contribution < 1.29 is 4.79 Å². The molecule has 2 fully saturated rings. The second-order valence-corrected chi connectivity index (χ2v) is 5.47. The quantitative estimate of drug-likeness (QED) is 0.763. The van der Waals surface area contributed by atoms with Gasteiger partial charge in [0.25, 0.3) is 0 Å². The van der Waals surface area contributed by atoms with Gasteiger partial charge in [0.2, 0.25) is 5.91 Å². The highest BCUT2D eigenvalue weighted by atomic mass is 16.2. The lowest BCUT2D eigenvalue weighted by Gasteiger charge is -2.33. The van der Waals surface area contributed by atoms with Crippen molar-refractivity contribution in [2.24, 2.45) is 11.7 Å². The lowest BCUT2D eigenvalue weighted by Crippen LogP contribution is -2.49. The standard InChI is InChI=1S/C13H25N3O/c1-15-12(10-4-6-11(14)7-5-10)13(17)16-8-2-3-9-16/h10-12,15H,2-9,14H2,1H3/t10?,11?,12-/m0/s1. The minimum Gasteiger partial charge on any atom is -0.341 e. The Labute approximate surface area is 104 Å². The molecule has 17 heavy (non-hydrogen) atoms. The predicted molar refractivity (Wildman–Crippen MR) is 68.6 cm³/mol. The number of carbonyl (C=O) groups excluding carboxylic acids is 1. The molecule has 2 aliphatic rings. The molecule has 0 aromatic rings. The summed E-state index contributed by atoms with van der Waals surface area (Å²) in [6, 6.07) is 0.367. The molecule has 3 N–H and O–H groups in total. The van der Waals surface area contributed by atoms with E-state index in [1.807, 2.05) is 11.9 Å². The van der Waals surface area contributed by atoms with E-state index in [0.717, 1.165) is 51.6 Å². The number of hydrogen-bond donors (Lipinski definition) is 2. The summed E-state index contributed by atoms with van der Waals surface area (Å²) in [5.41, 5.74) is 5.92. The molecule has 1 atom stereocenters. The third-order valence-corrected chi connectivity index (χ3v) is 4.28. The molecule has 0 unspecified atom stereocenters. The minimum atomic E-state index is 0.0144. The van der Waals surface area contributed by atoms with Gasteiger partial charge in [-0.1, -0.05) is 0 Å². The van der Waals surface area contributed by atoms with Crippen LogP contribution in [0.5, 0.6) is 0 Å². The first kappa shape index (κ1) is 12.8. The van der Waals surface area contributed by atoms with Crippen molar-refractivity contribution in [2.45, 2.75) is 50.6 Å². The molecule has 2 rings (SSSR count). The van der Waals surface area contributed by atoms with Crippen molar-refractivity contribution in [1.82, 2.24) is 10.2 Å². The zero-order chi connectivity index (χ0) is 12.3. The summed E-state index contributed by atoms with van der Waals surface area (Å²) in [4.78, 5) is 14.4. The Morgan fingerprint density at radius 2 is 1.82 bits per heavy atom. The van der Waals surface area contributed by atoms with Crippen LogP contribution in [-0.2, 0) is 4.79 Å². The van der Waals surface area contributed by atoms with E-state index in [9.17, 15) is 4.79 Å². The van der Waals surface area contributed by atoms with Gasteiger partial charge in [0, 0.05) is 19.1 Å². The van der Waals surface area contributed by atoms with Crippen LogP contribution in [0.1, 0.15) is 38.5 Å². The van der Waals surface area contributed by atoms with Gasteiger partial charge in [-0.25, -0.2) is 0 Å². The Balaban J connectivity index is 1.92. The Bertz CT molecular complexity index is 255. The number of rotatable bonds is 3. The summed E-state index contributed by atoms with van der Waals surface area (Å²) in [6.45, 7) is 1.90. The Hall–Kier alpha value is -0.610. The normalized spacial score (nSPS) is 31.5. The summed E-state index contributed by atoms with van der Waals surface area (Å²) in [6.07, 6.45) is 6.64. The minimum absolute atomic E-state index is 0.0144. The molecule has 0 aromatic carbocycles. The molecule has 0 bridgehead atoms. The summed E-state index contributed by atoms with van der Waals surface area (Å²) in [7, 11) is 1.91. The van der Waals surface area contributed by atoms with Crippen molar-refractivity contribution in [3.05, 3.63) is 0 Å². The van der Waals surface area contributed by atoms with Crippen LogP contribution in [0.4, 0.5) is 0 Å². The Morgan fingerprint density at radius 3 is 2.35 bits per heavy atom. The summed E-state index contributed by atoms with van der Waals surface area (Å²) in [5, 5.41) is 3.23. The van der Waals surface area contributed by atoms with Gasteiger partial charge in [-0.05, 0) is 51.5 Å². The number of likely N-dealkylation sites (N-methyl/N-ethyl adjacent to an activating group) is 1. The van der Waals surface area contributed by atoms with Gasteiger partial charge >= 0.3 is 0 Å². The molecule has 98 valence electrons. The highest BCUT2D eigenvalue weighted by Crippen LogP contribution is 2.27. The van der Waals surface area contributed by atoms with Crippen LogP contribution in [0.3, 0.4) is 0 Å². The number of nitrogens with one attached hydrogen (secondary N) is 1. The van der Waals surface area contributed by atoms with Crippen molar-refractivity contribution in [1.29, 1.82) is 0 Å². The van der Waals surface area contributed by atoms with E-state index in [4.69, 9.17) is 5.73 Å². The molecular weight excluding hydrogens is 214 g/mol. The fraction of sp³-hybridized carbons (Fsp3) is 0.923. The highest BCUT2D eigenvalue weighted by molar-refractivity contribution is 5.82. The Kier molecular flexibility index (Phi) is 4.40. The van der Waals surface area contributed by atoms with E-state index in [-0.39, 0.29) is 6.04 Å². The van der Waals surface area contributed by atoms with Crippen LogP contribution >= 0.6 is 0 Å². The fourth-order valence-corrected chi connectivity index (χ4v) is 3.17. The zero-order valence-corrected chi connectivity index (χ0v) is 10.8. The van der Waals surface area contributed by atoms with Gasteiger partial charge in [-0.3, -0.25) is 4.79 Å². The smallest absolute Gasteiger partial charge is 0.239 e. The molecule has 1 amide bonds. The van der Waals surface area contributed by atoms with Gasteiger partial charge < -0.3 is 16.0 Å². The van der Waals surface area contributed by atoms with E-state index in [0.29, 0.717) is 17.9 Å². The van der Waals surface area contributed by atoms with Crippen LogP contribution < -0.4 is 11.1 Å². The van der Waals surface area contributed by atoms with Gasteiger partial charge in [0.15, 0.2) is 0 Å². The molecular formula is C13H25N3O. The molecule has 1 heterocycles. The second-order valence-electron chi connectivity index (χ2n) is 5.47. The third kappa shape index (κ3) is 2.99. The molecule has 1 saturated heterocycles. The van der Waals surface area contributed by atoms with Gasteiger partial charge in [0.1, 0.15) is 0 Å². The first-order chi connectivity index (χ1) is 8.22. The van der Waals surface area contributed by atoms with Crippen LogP contribution in [0, 0.1) is 5.92 Å². The summed E-state index contributed by atoms with van der Waals surface area (Å²) in [5.74, 6) is 0.790. The van der Waals surface area contributed by atoms with Crippen LogP contribution in [0.25, 0.3) is 0 Å². The largest absolute Gasteiger partial charge is 0.341 e. The van der Waals surface area contributed by atoms with Gasteiger partial charge in [-0.15, -0.1) is 0 Å². The molecule has 4 nitrogen and oxygen atoms in total. The van der Waals surface area contributed by atoms with E-state index in [1.54, 1.807) is 0 Å². The second kappa shape index (κ2) is 5.83. The van der Waals surface area contributed by atoms with Crippen molar-refractivity contribution in [2.75, 3.05) is 20.1 Å². The summed E-state index contributed by atoms with van der Waals surface area (Å²) >= 11 is 0. The molecule has 0 radical (unpaired) electrons. The van der Waals surface area contributed by atoms with E-state index >= 15 is 0 Å². The summed E-state index contributed by atoms with van der Waals surface area (Å²) < 4.78 is 0. The topological polar surface area (TPSA) is 58.4 Å². The van der Waals surface area contributed by atoms with Gasteiger partial charge in [-0.2, -0.15) is 0 Å². The highest BCUT2D eigenvalue weighted by Gasteiger charge is 2.33.